The fourth-order valence-electron chi connectivity index (χ4n) is 3.11. The lowest BCUT2D eigenvalue weighted by Gasteiger charge is -2.35. The number of benzene rings is 2. The summed E-state index contributed by atoms with van der Waals surface area (Å²) in [6.07, 6.45) is 1.98. The van der Waals surface area contributed by atoms with Gasteiger partial charge >= 0.3 is 0 Å². The Labute approximate surface area is 150 Å². The molecule has 0 radical (unpaired) electrons. The van der Waals surface area contributed by atoms with Crippen molar-refractivity contribution in [2.45, 2.75) is 39.7 Å². The van der Waals surface area contributed by atoms with Crippen molar-refractivity contribution in [2.75, 3.05) is 19.1 Å². The topological polar surface area (TPSA) is 38.8 Å². The molecule has 1 atom stereocenters. The number of carbonyl (C=O) groups is 1. The zero-order valence-electron chi connectivity index (χ0n) is 15.7. The van der Waals surface area contributed by atoms with Crippen LogP contribution in [-0.2, 0) is 6.42 Å². The zero-order chi connectivity index (χ0) is 18.4. The molecule has 25 heavy (non-hydrogen) atoms. The van der Waals surface area contributed by atoms with E-state index in [2.05, 4.69) is 13.0 Å². The molecule has 0 saturated heterocycles. The van der Waals surface area contributed by atoms with Crippen LogP contribution < -0.4 is 14.4 Å². The third-order valence-electron chi connectivity index (χ3n) is 4.37. The molecule has 0 fully saturated rings. The lowest BCUT2D eigenvalue weighted by Crippen LogP contribution is -2.42. The van der Waals surface area contributed by atoms with Gasteiger partial charge in [0.05, 0.1) is 14.2 Å². The average molecular weight is 341 g/mol. The van der Waals surface area contributed by atoms with Crippen LogP contribution in [0, 0.1) is 0 Å². The molecule has 0 aromatic heterocycles. The third kappa shape index (κ3) is 3.78. The van der Waals surface area contributed by atoms with Gasteiger partial charge < -0.3 is 14.4 Å². The minimum Gasteiger partial charge on any atom is -0.493 e. The average Bonchev–Trinajstić information content (AvgIpc) is 2.68. The number of para-hydroxylation sites is 1. The van der Waals surface area contributed by atoms with Gasteiger partial charge in [-0.15, -0.1) is 0 Å². The van der Waals surface area contributed by atoms with E-state index in [1.807, 2.05) is 36.9 Å². The Hall–Kier alpha value is -2.49. The Morgan fingerprint density at radius 2 is 1.72 bits per heavy atom. The van der Waals surface area contributed by atoms with Crippen molar-refractivity contribution in [3.63, 3.8) is 0 Å². The van der Waals surface area contributed by atoms with Crippen LogP contribution in [0.1, 0.15) is 43.1 Å². The standard InChI is InChI=1S/C19H21NO3.C2H6/c1-13-8-9-14-6-4-5-7-16(14)20(13)19(21)15-10-11-17(22-2)18(12-15)23-3;1-2/h4-7,10-13H,8-9H2,1-3H3;1-2H3. The largest absolute Gasteiger partial charge is 0.493 e. The first-order valence-corrected chi connectivity index (χ1v) is 8.79. The number of aryl methyl sites for hydroxylation is 1. The molecule has 4 nitrogen and oxygen atoms in total. The molecule has 2 aromatic carbocycles. The second-order valence-electron chi connectivity index (χ2n) is 5.76. The molecular formula is C21H27NO3. The number of ether oxygens (including phenoxy) is 2. The zero-order valence-corrected chi connectivity index (χ0v) is 15.7. The monoisotopic (exact) mass is 341 g/mol. The molecule has 2 aromatic rings. The summed E-state index contributed by atoms with van der Waals surface area (Å²) in [5.41, 5.74) is 2.83. The predicted octanol–water partition coefficient (Wildman–Crippen LogP) is 4.71. The van der Waals surface area contributed by atoms with Gasteiger partial charge in [-0.25, -0.2) is 0 Å². The summed E-state index contributed by atoms with van der Waals surface area (Å²) in [5, 5.41) is 0. The van der Waals surface area contributed by atoms with E-state index in [9.17, 15) is 4.79 Å². The summed E-state index contributed by atoms with van der Waals surface area (Å²) in [5.74, 6) is 1.18. The number of carbonyl (C=O) groups excluding carboxylic acids is 1. The van der Waals surface area contributed by atoms with Gasteiger partial charge in [-0.3, -0.25) is 4.79 Å². The summed E-state index contributed by atoms with van der Waals surface area (Å²) in [6.45, 7) is 6.09. The third-order valence-corrected chi connectivity index (χ3v) is 4.37. The Kier molecular flexibility index (Phi) is 6.45. The highest BCUT2D eigenvalue weighted by Gasteiger charge is 2.29. The van der Waals surface area contributed by atoms with Gasteiger partial charge in [0.25, 0.3) is 5.91 Å². The highest BCUT2D eigenvalue weighted by molar-refractivity contribution is 6.07. The molecule has 1 aliphatic rings. The van der Waals surface area contributed by atoms with Crippen molar-refractivity contribution < 1.29 is 14.3 Å². The molecule has 1 heterocycles. The van der Waals surface area contributed by atoms with E-state index in [-0.39, 0.29) is 11.9 Å². The molecule has 0 saturated carbocycles. The Balaban J connectivity index is 0.00000109. The van der Waals surface area contributed by atoms with Crippen molar-refractivity contribution in [1.29, 1.82) is 0 Å². The molecule has 3 rings (SSSR count). The molecule has 0 spiro atoms. The quantitative estimate of drug-likeness (QED) is 0.811. The number of nitrogens with zero attached hydrogens (tertiary/aromatic N) is 1. The van der Waals surface area contributed by atoms with Crippen LogP contribution in [-0.4, -0.2) is 26.2 Å². The number of amides is 1. The minimum absolute atomic E-state index is 0.00870. The van der Waals surface area contributed by atoms with E-state index in [0.717, 1.165) is 18.5 Å². The summed E-state index contributed by atoms with van der Waals surface area (Å²) >= 11 is 0. The Morgan fingerprint density at radius 1 is 1.04 bits per heavy atom. The molecule has 0 N–H and O–H groups in total. The first-order valence-electron chi connectivity index (χ1n) is 8.79. The second kappa shape index (κ2) is 8.56. The number of rotatable bonds is 3. The van der Waals surface area contributed by atoms with Crippen LogP contribution in [0.5, 0.6) is 11.5 Å². The van der Waals surface area contributed by atoms with Crippen LogP contribution in [0.3, 0.4) is 0 Å². The van der Waals surface area contributed by atoms with E-state index < -0.39 is 0 Å². The fourth-order valence-corrected chi connectivity index (χ4v) is 3.11. The molecular weight excluding hydrogens is 314 g/mol. The Bertz CT molecular complexity index is 727. The van der Waals surface area contributed by atoms with Crippen molar-refractivity contribution in [2.24, 2.45) is 0 Å². The molecule has 134 valence electrons. The van der Waals surface area contributed by atoms with Crippen LogP contribution in [0.4, 0.5) is 5.69 Å². The minimum atomic E-state index is -0.00870. The normalized spacial score (nSPS) is 15.6. The van der Waals surface area contributed by atoms with Gasteiger partial charge in [0, 0.05) is 17.3 Å². The smallest absolute Gasteiger partial charge is 0.258 e. The van der Waals surface area contributed by atoms with Crippen molar-refractivity contribution >= 4 is 11.6 Å². The second-order valence-corrected chi connectivity index (χ2v) is 5.76. The highest BCUT2D eigenvalue weighted by Crippen LogP contribution is 2.33. The van der Waals surface area contributed by atoms with Gasteiger partial charge in [0.15, 0.2) is 11.5 Å². The van der Waals surface area contributed by atoms with Crippen molar-refractivity contribution in [3.05, 3.63) is 53.6 Å². The number of hydrogen-bond donors (Lipinski definition) is 0. The maximum absolute atomic E-state index is 13.1. The van der Waals surface area contributed by atoms with Gasteiger partial charge in [-0.1, -0.05) is 32.0 Å². The Morgan fingerprint density at radius 3 is 2.40 bits per heavy atom. The van der Waals surface area contributed by atoms with Gasteiger partial charge in [0.2, 0.25) is 0 Å². The molecule has 1 unspecified atom stereocenters. The van der Waals surface area contributed by atoms with E-state index in [0.29, 0.717) is 17.1 Å². The van der Waals surface area contributed by atoms with Crippen molar-refractivity contribution in [1.82, 2.24) is 0 Å². The number of fused-ring (bicyclic) bond motifs is 1. The van der Waals surface area contributed by atoms with Crippen LogP contribution in [0.15, 0.2) is 42.5 Å². The van der Waals surface area contributed by atoms with E-state index in [4.69, 9.17) is 9.47 Å². The summed E-state index contributed by atoms with van der Waals surface area (Å²) < 4.78 is 10.6. The summed E-state index contributed by atoms with van der Waals surface area (Å²) in [7, 11) is 3.16. The van der Waals surface area contributed by atoms with E-state index in [1.54, 1.807) is 32.4 Å². The summed E-state index contributed by atoms with van der Waals surface area (Å²) in [4.78, 5) is 15.0. The molecule has 1 aliphatic heterocycles. The number of anilines is 1. The molecule has 0 aliphatic carbocycles. The lowest BCUT2D eigenvalue weighted by molar-refractivity contribution is 0.0975. The number of methoxy groups -OCH3 is 2. The fraction of sp³-hybridized carbons (Fsp3) is 0.381. The highest BCUT2D eigenvalue weighted by atomic mass is 16.5. The van der Waals surface area contributed by atoms with Crippen LogP contribution in [0.2, 0.25) is 0 Å². The molecule has 4 heteroatoms. The summed E-state index contributed by atoms with van der Waals surface area (Å²) in [6, 6.07) is 13.6. The molecule has 0 bridgehead atoms. The predicted molar refractivity (Wildman–Crippen MR) is 102 cm³/mol. The first kappa shape index (κ1) is 18.8. The first-order chi connectivity index (χ1) is 12.2. The van der Waals surface area contributed by atoms with Crippen LogP contribution >= 0.6 is 0 Å². The molecule has 1 amide bonds. The van der Waals surface area contributed by atoms with Crippen LogP contribution in [0.25, 0.3) is 0 Å². The van der Waals surface area contributed by atoms with E-state index >= 15 is 0 Å². The maximum atomic E-state index is 13.1. The van der Waals surface area contributed by atoms with Crippen molar-refractivity contribution in [3.8, 4) is 11.5 Å². The lowest BCUT2D eigenvalue weighted by atomic mass is 9.95. The van der Waals surface area contributed by atoms with Gasteiger partial charge in [0.1, 0.15) is 0 Å². The van der Waals surface area contributed by atoms with E-state index in [1.165, 1.54) is 5.56 Å². The SMILES string of the molecule is CC.COc1ccc(C(=O)N2c3ccccc3CCC2C)cc1OC. The number of hydrogen-bond acceptors (Lipinski definition) is 3. The maximum Gasteiger partial charge on any atom is 0.258 e. The van der Waals surface area contributed by atoms with Gasteiger partial charge in [-0.05, 0) is 49.6 Å². The van der Waals surface area contributed by atoms with Gasteiger partial charge in [-0.2, -0.15) is 0 Å².